The van der Waals surface area contributed by atoms with E-state index < -0.39 is 0 Å². The van der Waals surface area contributed by atoms with Crippen molar-refractivity contribution in [3.05, 3.63) is 24.3 Å². The molecule has 0 aromatic carbocycles. The Morgan fingerprint density at radius 1 is 1.69 bits per heavy atom. The zero-order chi connectivity index (χ0) is 9.68. The minimum absolute atomic E-state index is 0.751. The van der Waals surface area contributed by atoms with Gasteiger partial charge in [-0.05, 0) is 13.8 Å². The monoisotopic (exact) mass is 180 g/mol. The van der Waals surface area contributed by atoms with Crippen molar-refractivity contribution in [2.24, 2.45) is 0 Å². The fourth-order valence-electron chi connectivity index (χ4n) is 1.07. The van der Waals surface area contributed by atoms with Crippen LogP contribution in [0.2, 0.25) is 0 Å². The van der Waals surface area contributed by atoms with Gasteiger partial charge in [-0.1, -0.05) is 12.2 Å². The quantitative estimate of drug-likeness (QED) is 0.686. The van der Waals surface area contributed by atoms with Gasteiger partial charge in [-0.15, -0.1) is 10.2 Å². The van der Waals surface area contributed by atoms with Gasteiger partial charge in [0.15, 0.2) is 0 Å². The second kappa shape index (κ2) is 4.77. The van der Waals surface area contributed by atoms with Crippen LogP contribution in [0, 0.1) is 0 Å². The minimum Gasteiger partial charge on any atom is -0.317 e. The van der Waals surface area contributed by atoms with Crippen LogP contribution in [0.4, 0.5) is 0 Å². The smallest absolute Gasteiger partial charge is 0.146 e. The summed E-state index contributed by atoms with van der Waals surface area (Å²) in [5, 5.41) is 11.1. The highest BCUT2D eigenvalue weighted by molar-refractivity contribution is 4.92. The number of aryl methyl sites for hydroxylation is 1. The highest BCUT2D eigenvalue weighted by Gasteiger charge is 2.00. The SMILES string of the molecule is C=C(C)CNCc1nncn1CC. The molecule has 0 aliphatic heterocycles. The second-order valence-corrected chi connectivity index (χ2v) is 3.09. The number of aromatic nitrogens is 3. The van der Waals surface area contributed by atoms with Crippen molar-refractivity contribution in [3.63, 3.8) is 0 Å². The number of hydrogen-bond donors (Lipinski definition) is 1. The summed E-state index contributed by atoms with van der Waals surface area (Å²) in [7, 11) is 0. The lowest BCUT2D eigenvalue weighted by Crippen LogP contribution is -2.18. The van der Waals surface area contributed by atoms with Crippen LogP contribution >= 0.6 is 0 Å². The molecule has 1 aromatic heterocycles. The second-order valence-electron chi connectivity index (χ2n) is 3.09. The van der Waals surface area contributed by atoms with Crippen LogP contribution in [0.5, 0.6) is 0 Å². The van der Waals surface area contributed by atoms with Gasteiger partial charge in [0.2, 0.25) is 0 Å². The molecule has 1 N–H and O–H groups in total. The fraction of sp³-hybridized carbons (Fsp3) is 0.556. The van der Waals surface area contributed by atoms with E-state index in [4.69, 9.17) is 0 Å². The third-order valence-electron chi connectivity index (χ3n) is 1.75. The van der Waals surface area contributed by atoms with Crippen LogP contribution in [0.3, 0.4) is 0 Å². The normalized spacial score (nSPS) is 10.3. The van der Waals surface area contributed by atoms with Gasteiger partial charge in [0.25, 0.3) is 0 Å². The van der Waals surface area contributed by atoms with Crippen LogP contribution in [0.1, 0.15) is 19.7 Å². The number of hydrogen-bond acceptors (Lipinski definition) is 3. The van der Waals surface area contributed by atoms with Gasteiger partial charge in [0, 0.05) is 13.1 Å². The van der Waals surface area contributed by atoms with E-state index in [1.54, 1.807) is 6.33 Å². The average Bonchev–Trinajstić information content (AvgIpc) is 2.51. The van der Waals surface area contributed by atoms with Crippen molar-refractivity contribution >= 4 is 0 Å². The van der Waals surface area contributed by atoms with Crippen LogP contribution in [0.15, 0.2) is 18.5 Å². The Bertz CT molecular complexity index is 277. The van der Waals surface area contributed by atoms with E-state index in [1.807, 2.05) is 11.5 Å². The van der Waals surface area contributed by atoms with E-state index in [2.05, 4.69) is 29.0 Å². The molecule has 1 rings (SSSR count). The summed E-state index contributed by atoms with van der Waals surface area (Å²) in [5.74, 6) is 0.976. The molecule has 72 valence electrons. The van der Waals surface area contributed by atoms with Crippen molar-refractivity contribution in [1.82, 2.24) is 20.1 Å². The molecule has 0 unspecified atom stereocenters. The number of nitrogens with one attached hydrogen (secondary N) is 1. The topological polar surface area (TPSA) is 42.7 Å². The third kappa shape index (κ3) is 2.99. The van der Waals surface area contributed by atoms with Crippen LogP contribution in [0.25, 0.3) is 0 Å². The first kappa shape index (κ1) is 9.92. The Morgan fingerprint density at radius 2 is 2.46 bits per heavy atom. The average molecular weight is 180 g/mol. The molecular formula is C9H16N4. The molecule has 0 aliphatic rings. The van der Waals surface area contributed by atoms with Gasteiger partial charge in [-0.25, -0.2) is 0 Å². The standard InChI is InChI=1S/C9H16N4/c1-4-13-7-11-12-9(13)6-10-5-8(2)3/h7,10H,2,4-6H2,1,3H3. The molecule has 0 saturated carbocycles. The number of rotatable bonds is 5. The van der Waals surface area contributed by atoms with Gasteiger partial charge < -0.3 is 9.88 Å². The van der Waals surface area contributed by atoms with Gasteiger partial charge in [-0.3, -0.25) is 0 Å². The zero-order valence-corrected chi connectivity index (χ0v) is 8.25. The van der Waals surface area contributed by atoms with Gasteiger partial charge >= 0.3 is 0 Å². The molecule has 13 heavy (non-hydrogen) atoms. The lowest BCUT2D eigenvalue weighted by Gasteiger charge is -2.04. The zero-order valence-electron chi connectivity index (χ0n) is 8.25. The third-order valence-corrected chi connectivity index (χ3v) is 1.75. The predicted molar refractivity (Wildman–Crippen MR) is 52.2 cm³/mol. The minimum atomic E-state index is 0.751. The molecule has 0 radical (unpaired) electrons. The van der Waals surface area contributed by atoms with Crippen molar-refractivity contribution in [1.29, 1.82) is 0 Å². The Morgan fingerprint density at radius 3 is 3.08 bits per heavy atom. The Kier molecular flexibility index (Phi) is 3.64. The Balaban J connectivity index is 2.40. The van der Waals surface area contributed by atoms with E-state index >= 15 is 0 Å². The molecule has 4 heteroatoms. The van der Waals surface area contributed by atoms with Crippen molar-refractivity contribution in [3.8, 4) is 0 Å². The summed E-state index contributed by atoms with van der Waals surface area (Å²) in [5.41, 5.74) is 1.13. The maximum atomic E-state index is 4.00. The summed E-state index contributed by atoms with van der Waals surface area (Å²) in [4.78, 5) is 0. The first-order valence-electron chi connectivity index (χ1n) is 4.45. The summed E-state index contributed by atoms with van der Waals surface area (Å²) in [6.45, 7) is 10.4. The van der Waals surface area contributed by atoms with Crippen molar-refractivity contribution < 1.29 is 0 Å². The largest absolute Gasteiger partial charge is 0.317 e. The van der Waals surface area contributed by atoms with E-state index in [1.165, 1.54) is 0 Å². The highest BCUT2D eigenvalue weighted by Crippen LogP contribution is 1.94. The van der Waals surface area contributed by atoms with Crippen molar-refractivity contribution in [2.75, 3.05) is 6.54 Å². The molecule has 1 aromatic rings. The Hall–Kier alpha value is -1.16. The summed E-state index contributed by atoms with van der Waals surface area (Å²) in [6, 6.07) is 0. The highest BCUT2D eigenvalue weighted by atomic mass is 15.3. The molecule has 0 atom stereocenters. The van der Waals surface area contributed by atoms with Crippen LogP contribution in [-0.4, -0.2) is 21.3 Å². The first-order chi connectivity index (χ1) is 6.24. The molecule has 0 amide bonds. The molecule has 0 fully saturated rings. The summed E-state index contributed by atoms with van der Waals surface area (Å²) < 4.78 is 2.02. The predicted octanol–water partition coefficient (Wildman–Crippen LogP) is 0.964. The van der Waals surface area contributed by atoms with Gasteiger partial charge in [0.05, 0.1) is 6.54 Å². The van der Waals surface area contributed by atoms with E-state index in [-0.39, 0.29) is 0 Å². The van der Waals surface area contributed by atoms with Gasteiger partial charge in [-0.2, -0.15) is 0 Å². The van der Waals surface area contributed by atoms with E-state index in [0.29, 0.717) is 0 Å². The fourth-order valence-corrected chi connectivity index (χ4v) is 1.07. The van der Waals surface area contributed by atoms with Crippen molar-refractivity contribution in [2.45, 2.75) is 26.9 Å². The van der Waals surface area contributed by atoms with E-state index in [9.17, 15) is 0 Å². The van der Waals surface area contributed by atoms with Crippen LogP contribution < -0.4 is 5.32 Å². The Labute approximate surface area is 78.7 Å². The lowest BCUT2D eigenvalue weighted by molar-refractivity contribution is 0.634. The molecular weight excluding hydrogens is 164 g/mol. The maximum absolute atomic E-state index is 4.00. The lowest BCUT2D eigenvalue weighted by atomic mass is 10.3. The van der Waals surface area contributed by atoms with Crippen LogP contribution in [-0.2, 0) is 13.1 Å². The molecule has 0 spiro atoms. The first-order valence-corrected chi connectivity index (χ1v) is 4.45. The van der Waals surface area contributed by atoms with Gasteiger partial charge in [0.1, 0.15) is 12.2 Å². The number of nitrogens with zero attached hydrogens (tertiary/aromatic N) is 3. The molecule has 0 bridgehead atoms. The van der Waals surface area contributed by atoms with E-state index in [0.717, 1.165) is 31.0 Å². The molecule has 1 heterocycles. The maximum Gasteiger partial charge on any atom is 0.146 e. The summed E-state index contributed by atoms with van der Waals surface area (Å²) >= 11 is 0. The molecule has 0 aliphatic carbocycles. The molecule has 0 saturated heterocycles. The molecule has 4 nitrogen and oxygen atoms in total. The summed E-state index contributed by atoms with van der Waals surface area (Å²) in [6.07, 6.45) is 1.75.